The van der Waals surface area contributed by atoms with E-state index in [1.165, 1.54) is 11.0 Å². The molecule has 1 saturated heterocycles. The Morgan fingerprint density at radius 1 is 1.24 bits per heavy atom. The van der Waals surface area contributed by atoms with Crippen molar-refractivity contribution in [3.63, 3.8) is 0 Å². The number of aryl methyl sites for hydroxylation is 1. The van der Waals surface area contributed by atoms with E-state index in [1.807, 2.05) is 0 Å². The summed E-state index contributed by atoms with van der Waals surface area (Å²) >= 11 is 0. The molecule has 2 aromatic carbocycles. The van der Waals surface area contributed by atoms with Gasteiger partial charge in [-0.1, -0.05) is 12.1 Å². The molecule has 7 nitrogen and oxygen atoms in total. The number of hydrogen-bond donors (Lipinski definition) is 2. The van der Waals surface area contributed by atoms with Crippen LogP contribution in [0.2, 0.25) is 0 Å². The number of nitrogens with one attached hydrogen (secondary N) is 1. The predicted octanol–water partition coefficient (Wildman–Crippen LogP) is 4.31. The molecular formula is C21H19FN4O3. The third-order valence-electron chi connectivity index (χ3n) is 4.90. The van der Waals surface area contributed by atoms with Crippen LogP contribution in [-0.2, 0) is 4.74 Å². The number of nitrogens with two attached hydrogens (primary N) is 1. The van der Waals surface area contributed by atoms with E-state index in [2.05, 4.69) is 10.3 Å². The van der Waals surface area contributed by atoms with E-state index in [9.17, 15) is 14.0 Å². The van der Waals surface area contributed by atoms with Gasteiger partial charge in [0.25, 0.3) is 0 Å². The molecule has 0 saturated carbocycles. The molecule has 4 rings (SSSR count). The zero-order valence-electron chi connectivity index (χ0n) is 15.7. The number of ether oxygens (including phenoxy) is 1. The number of rotatable bonds is 2. The molecule has 29 heavy (non-hydrogen) atoms. The molecule has 0 unspecified atom stereocenters. The molecule has 3 aromatic rings. The molecule has 0 atom stereocenters. The Balaban J connectivity index is 1.74. The molecule has 2 heterocycles. The molecule has 1 aromatic heterocycles. The van der Waals surface area contributed by atoms with Crippen LogP contribution >= 0.6 is 0 Å². The summed E-state index contributed by atoms with van der Waals surface area (Å²) in [6.07, 6.45) is 0.824. The molecule has 8 heteroatoms. The number of amides is 2. The third-order valence-corrected chi connectivity index (χ3v) is 4.90. The van der Waals surface area contributed by atoms with Gasteiger partial charge >= 0.3 is 12.2 Å². The predicted molar refractivity (Wildman–Crippen MR) is 108 cm³/mol. The van der Waals surface area contributed by atoms with Crippen LogP contribution < -0.4 is 11.1 Å². The SMILES string of the molecule is Cc1cccc(F)c1-c1cc(NC(=O)OC(=O)N2CCC2)c2cc(N)ncc2c1. The highest BCUT2D eigenvalue weighted by Crippen LogP contribution is 2.34. The van der Waals surface area contributed by atoms with E-state index in [1.54, 1.807) is 43.5 Å². The number of nitrogens with zero attached hydrogens (tertiary/aromatic N) is 2. The summed E-state index contributed by atoms with van der Waals surface area (Å²) < 4.78 is 19.3. The van der Waals surface area contributed by atoms with Crippen molar-refractivity contribution >= 4 is 34.5 Å². The fraction of sp³-hybridized carbons (Fsp3) is 0.190. The smallest absolute Gasteiger partial charge is 0.384 e. The molecule has 1 aliphatic heterocycles. The Hall–Kier alpha value is -3.68. The number of anilines is 2. The lowest BCUT2D eigenvalue weighted by molar-refractivity contribution is 0.103. The highest BCUT2D eigenvalue weighted by Gasteiger charge is 2.24. The number of aromatic nitrogens is 1. The Bertz CT molecular complexity index is 1110. The van der Waals surface area contributed by atoms with Crippen molar-refractivity contribution in [2.45, 2.75) is 13.3 Å². The van der Waals surface area contributed by atoms with Crippen molar-refractivity contribution in [2.24, 2.45) is 0 Å². The van der Waals surface area contributed by atoms with Gasteiger partial charge in [0.2, 0.25) is 0 Å². The number of carbonyl (C=O) groups excluding carboxylic acids is 2. The maximum Gasteiger partial charge on any atom is 0.420 e. The van der Waals surface area contributed by atoms with E-state index < -0.39 is 12.2 Å². The first-order valence-electron chi connectivity index (χ1n) is 9.15. The number of pyridine rings is 1. The van der Waals surface area contributed by atoms with Gasteiger partial charge in [-0.05, 0) is 48.7 Å². The molecule has 2 amide bonds. The quantitative estimate of drug-likeness (QED) is 0.632. The summed E-state index contributed by atoms with van der Waals surface area (Å²) in [6, 6.07) is 9.81. The number of nitrogen functional groups attached to an aromatic ring is 1. The van der Waals surface area contributed by atoms with Gasteiger partial charge in [-0.15, -0.1) is 0 Å². The second kappa shape index (κ2) is 7.38. The first-order valence-corrected chi connectivity index (χ1v) is 9.15. The molecular weight excluding hydrogens is 375 g/mol. The van der Waals surface area contributed by atoms with E-state index in [0.29, 0.717) is 40.7 Å². The fourth-order valence-corrected chi connectivity index (χ4v) is 3.30. The lowest BCUT2D eigenvalue weighted by atomic mass is 9.96. The monoisotopic (exact) mass is 394 g/mol. The summed E-state index contributed by atoms with van der Waals surface area (Å²) in [5.74, 6) is -0.116. The standard InChI is InChI=1S/C21H19FN4O3/c1-12-4-2-5-16(22)19(12)13-8-14-11-24-18(23)10-15(14)17(9-13)25-20(27)29-21(28)26-6-3-7-26/h2,4-5,8-11H,3,6-7H2,1H3,(H2,23,24)(H,25,27). The average Bonchev–Trinajstić information content (AvgIpc) is 2.60. The lowest BCUT2D eigenvalue weighted by Gasteiger charge is -2.29. The van der Waals surface area contributed by atoms with Gasteiger partial charge in [-0.3, -0.25) is 5.32 Å². The maximum absolute atomic E-state index is 14.5. The second-order valence-electron chi connectivity index (χ2n) is 6.91. The van der Waals surface area contributed by atoms with Gasteiger partial charge in [0.1, 0.15) is 11.6 Å². The van der Waals surface area contributed by atoms with Crippen molar-refractivity contribution in [1.29, 1.82) is 0 Å². The minimum Gasteiger partial charge on any atom is -0.384 e. The van der Waals surface area contributed by atoms with Crippen molar-refractivity contribution < 1.29 is 18.7 Å². The van der Waals surface area contributed by atoms with Gasteiger partial charge < -0.3 is 15.4 Å². The largest absolute Gasteiger partial charge is 0.420 e. The molecule has 0 bridgehead atoms. The van der Waals surface area contributed by atoms with E-state index >= 15 is 0 Å². The minimum atomic E-state index is -0.916. The number of benzene rings is 2. The second-order valence-corrected chi connectivity index (χ2v) is 6.91. The summed E-state index contributed by atoms with van der Waals surface area (Å²) in [7, 11) is 0. The molecule has 148 valence electrons. The highest BCUT2D eigenvalue weighted by molar-refractivity contribution is 6.04. The van der Waals surface area contributed by atoms with Crippen molar-refractivity contribution in [3.05, 3.63) is 54.0 Å². The number of carbonyl (C=O) groups is 2. The van der Waals surface area contributed by atoms with Crippen LogP contribution in [0, 0.1) is 12.7 Å². The zero-order chi connectivity index (χ0) is 20.5. The van der Waals surface area contributed by atoms with Crippen LogP contribution in [0.15, 0.2) is 42.6 Å². The van der Waals surface area contributed by atoms with Crippen LogP contribution in [0.5, 0.6) is 0 Å². The lowest BCUT2D eigenvalue weighted by Crippen LogP contribution is -2.43. The summed E-state index contributed by atoms with van der Waals surface area (Å²) in [6.45, 7) is 2.94. The van der Waals surface area contributed by atoms with Crippen LogP contribution in [0.3, 0.4) is 0 Å². The van der Waals surface area contributed by atoms with E-state index in [-0.39, 0.29) is 11.6 Å². The fourth-order valence-electron chi connectivity index (χ4n) is 3.30. The Morgan fingerprint density at radius 3 is 2.72 bits per heavy atom. The first kappa shape index (κ1) is 18.7. The number of likely N-dealkylation sites (tertiary alicyclic amines) is 1. The molecule has 1 aliphatic rings. The van der Waals surface area contributed by atoms with Crippen LogP contribution in [0.25, 0.3) is 21.9 Å². The minimum absolute atomic E-state index is 0.264. The Kier molecular flexibility index (Phi) is 4.75. The van der Waals surface area contributed by atoms with Gasteiger partial charge in [-0.2, -0.15) is 0 Å². The van der Waals surface area contributed by atoms with E-state index in [4.69, 9.17) is 10.5 Å². The molecule has 1 fully saturated rings. The van der Waals surface area contributed by atoms with Gasteiger partial charge in [0.05, 0.1) is 5.69 Å². The van der Waals surface area contributed by atoms with Gasteiger partial charge in [-0.25, -0.2) is 19.0 Å². The van der Waals surface area contributed by atoms with Crippen LogP contribution in [-0.4, -0.2) is 35.2 Å². The molecule has 3 N–H and O–H groups in total. The van der Waals surface area contributed by atoms with Crippen molar-refractivity contribution in [2.75, 3.05) is 24.1 Å². The van der Waals surface area contributed by atoms with Crippen molar-refractivity contribution in [1.82, 2.24) is 9.88 Å². The number of halogens is 1. The van der Waals surface area contributed by atoms with E-state index in [0.717, 1.165) is 12.0 Å². The Morgan fingerprint density at radius 2 is 2.03 bits per heavy atom. The first-order chi connectivity index (χ1) is 13.9. The van der Waals surface area contributed by atoms with Crippen LogP contribution in [0.4, 0.5) is 25.5 Å². The van der Waals surface area contributed by atoms with Gasteiger partial charge in [0, 0.05) is 35.6 Å². The van der Waals surface area contributed by atoms with Gasteiger partial charge in [0.15, 0.2) is 0 Å². The van der Waals surface area contributed by atoms with Crippen molar-refractivity contribution in [3.8, 4) is 11.1 Å². The number of fused-ring (bicyclic) bond motifs is 1. The highest BCUT2D eigenvalue weighted by atomic mass is 19.1. The molecule has 0 aliphatic carbocycles. The summed E-state index contributed by atoms with van der Waals surface area (Å²) in [5, 5.41) is 3.84. The average molecular weight is 394 g/mol. The Labute approximate surface area is 166 Å². The zero-order valence-corrected chi connectivity index (χ0v) is 15.7. The number of hydrogen-bond acceptors (Lipinski definition) is 5. The maximum atomic E-state index is 14.5. The topological polar surface area (TPSA) is 97.5 Å². The molecule has 0 radical (unpaired) electrons. The normalized spacial score (nSPS) is 13.1. The third kappa shape index (κ3) is 3.69. The van der Waals surface area contributed by atoms with Crippen LogP contribution in [0.1, 0.15) is 12.0 Å². The summed E-state index contributed by atoms with van der Waals surface area (Å²) in [5.41, 5.74) is 7.85. The molecule has 0 spiro atoms. The summed E-state index contributed by atoms with van der Waals surface area (Å²) in [4.78, 5) is 29.7.